The fraction of sp³-hybridized carbons (Fsp3) is 0.500. The molecule has 1 amide bonds. The van der Waals surface area contributed by atoms with Crippen LogP contribution in [0.25, 0.3) is 0 Å². The standard InChI is InChI=1S/C14H19NO3/c1-11-3-2-4-13(7-11)18-10-14(17)15-6-5-12(8-15)9-16/h2-4,7,12,16H,5-6,8-10H2,1H3. The predicted octanol–water partition coefficient (Wildman–Crippen LogP) is 1.21. The molecule has 1 heterocycles. The lowest BCUT2D eigenvalue weighted by molar-refractivity contribution is -0.132. The molecule has 2 rings (SSSR count). The highest BCUT2D eigenvalue weighted by atomic mass is 16.5. The molecular weight excluding hydrogens is 230 g/mol. The molecule has 1 atom stereocenters. The number of rotatable bonds is 4. The number of amides is 1. The number of ether oxygens (including phenoxy) is 1. The monoisotopic (exact) mass is 249 g/mol. The molecule has 18 heavy (non-hydrogen) atoms. The maximum absolute atomic E-state index is 11.9. The average Bonchev–Trinajstić information content (AvgIpc) is 2.85. The SMILES string of the molecule is Cc1cccc(OCC(=O)N2CCC(CO)C2)c1. The van der Waals surface area contributed by atoms with Gasteiger partial charge in [0.25, 0.3) is 5.91 Å². The number of hydrogen-bond donors (Lipinski definition) is 1. The minimum atomic E-state index is -0.00699. The minimum absolute atomic E-state index is 0.00699. The number of aliphatic hydroxyl groups is 1. The number of aliphatic hydroxyl groups excluding tert-OH is 1. The van der Waals surface area contributed by atoms with Crippen molar-refractivity contribution < 1.29 is 14.6 Å². The molecule has 0 saturated carbocycles. The van der Waals surface area contributed by atoms with Crippen LogP contribution in [0.4, 0.5) is 0 Å². The number of carbonyl (C=O) groups excluding carboxylic acids is 1. The van der Waals surface area contributed by atoms with Gasteiger partial charge in [0.05, 0.1) is 0 Å². The summed E-state index contributed by atoms with van der Waals surface area (Å²) in [5.74, 6) is 0.946. The molecular formula is C14H19NO3. The first-order chi connectivity index (χ1) is 8.69. The lowest BCUT2D eigenvalue weighted by atomic mass is 10.1. The number of hydrogen-bond acceptors (Lipinski definition) is 3. The number of benzene rings is 1. The van der Waals surface area contributed by atoms with Crippen molar-refractivity contribution in [3.63, 3.8) is 0 Å². The van der Waals surface area contributed by atoms with Crippen LogP contribution in [0.1, 0.15) is 12.0 Å². The zero-order valence-electron chi connectivity index (χ0n) is 10.6. The normalized spacial score (nSPS) is 19.0. The van der Waals surface area contributed by atoms with Gasteiger partial charge in [-0.2, -0.15) is 0 Å². The van der Waals surface area contributed by atoms with Crippen LogP contribution in [0.3, 0.4) is 0 Å². The van der Waals surface area contributed by atoms with E-state index in [-0.39, 0.29) is 25.0 Å². The Morgan fingerprint density at radius 1 is 1.56 bits per heavy atom. The van der Waals surface area contributed by atoms with E-state index < -0.39 is 0 Å². The van der Waals surface area contributed by atoms with E-state index in [2.05, 4.69) is 0 Å². The molecule has 0 aromatic heterocycles. The van der Waals surface area contributed by atoms with E-state index >= 15 is 0 Å². The Bertz CT molecular complexity index is 419. The highest BCUT2D eigenvalue weighted by Gasteiger charge is 2.25. The third kappa shape index (κ3) is 3.23. The highest BCUT2D eigenvalue weighted by Crippen LogP contribution is 2.16. The van der Waals surface area contributed by atoms with Crippen LogP contribution in [0, 0.1) is 12.8 Å². The maximum Gasteiger partial charge on any atom is 0.260 e. The van der Waals surface area contributed by atoms with Crippen LogP contribution in [0.2, 0.25) is 0 Å². The Morgan fingerprint density at radius 3 is 3.06 bits per heavy atom. The van der Waals surface area contributed by atoms with Crippen LogP contribution >= 0.6 is 0 Å². The lowest BCUT2D eigenvalue weighted by Crippen LogP contribution is -2.33. The van der Waals surface area contributed by atoms with Crippen molar-refractivity contribution in [3.05, 3.63) is 29.8 Å². The molecule has 1 aliphatic rings. The van der Waals surface area contributed by atoms with E-state index in [1.54, 1.807) is 4.90 Å². The van der Waals surface area contributed by atoms with Gasteiger partial charge in [-0.3, -0.25) is 4.79 Å². The van der Waals surface area contributed by atoms with Crippen molar-refractivity contribution in [2.75, 3.05) is 26.3 Å². The van der Waals surface area contributed by atoms with Gasteiger partial charge in [0, 0.05) is 25.6 Å². The lowest BCUT2D eigenvalue weighted by Gasteiger charge is -2.16. The Balaban J connectivity index is 1.82. The van der Waals surface area contributed by atoms with Crippen LogP contribution in [-0.4, -0.2) is 42.2 Å². The second-order valence-electron chi connectivity index (χ2n) is 4.78. The molecule has 0 radical (unpaired) electrons. The molecule has 4 heteroatoms. The topological polar surface area (TPSA) is 49.8 Å². The van der Waals surface area contributed by atoms with E-state index in [4.69, 9.17) is 9.84 Å². The molecule has 1 aromatic rings. The molecule has 0 spiro atoms. The van der Waals surface area contributed by atoms with Gasteiger partial charge in [-0.1, -0.05) is 12.1 Å². The quantitative estimate of drug-likeness (QED) is 0.872. The van der Waals surface area contributed by atoms with Crippen LogP contribution in [0.5, 0.6) is 5.75 Å². The van der Waals surface area contributed by atoms with E-state index in [1.807, 2.05) is 31.2 Å². The molecule has 1 aromatic carbocycles. The Kier molecular flexibility index (Phi) is 4.20. The molecule has 4 nitrogen and oxygen atoms in total. The van der Waals surface area contributed by atoms with Crippen molar-refractivity contribution in [1.82, 2.24) is 4.90 Å². The molecule has 0 bridgehead atoms. The van der Waals surface area contributed by atoms with Gasteiger partial charge in [-0.25, -0.2) is 0 Å². The molecule has 0 aliphatic carbocycles. The summed E-state index contributed by atoms with van der Waals surface area (Å²) in [7, 11) is 0. The minimum Gasteiger partial charge on any atom is -0.484 e. The van der Waals surface area contributed by atoms with Gasteiger partial charge in [0.1, 0.15) is 5.75 Å². The first kappa shape index (κ1) is 12.9. The number of aryl methyl sites for hydroxylation is 1. The fourth-order valence-corrected chi connectivity index (χ4v) is 2.15. The Hall–Kier alpha value is -1.55. The summed E-state index contributed by atoms with van der Waals surface area (Å²) >= 11 is 0. The third-order valence-electron chi connectivity index (χ3n) is 3.25. The molecule has 1 saturated heterocycles. The molecule has 1 aliphatic heterocycles. The summed E-state index contributed by atoms with van der Waals surface area (Å²) in [6.45, 7) is 3.58. The van der Waals surface area contributed by atoms with Crippen LogP contribution in [0.15, 0.2) is 24.3 Å². The molecule has 1 N–H and O–H groups in total. The van der Waals surface area contributed by atoms with Gasteiger partial charge >= 0.3 is 0 Å². The van der Waals surface area contributed by atoms with Crippen molar-refractivity contribution in [3.8, 4) is 5.75 Å². The van der Waals surface area contributed by atoms with E-state index in [0.717, 1.165) is 24.3 Å². The summed E-state index contributed by atoms with van der Waals surface area (Å²) in [6.07, 6.45) is 0.882. The van der Waals surface area contributed by atoms with E-state index in [1.165, 1.54) is 0 Å². The van der Waals surface area contributed by atoms with Crippen LogP contribution < -0.4 is 4.74 Å². The number of carbonyl (C=O) groups is 1. The van der Waals surface area contributed by atoms with Crippen molar-refractivity contribution >= 4 is 5.91 Å². The van der Waals surface area contributed by atoms with Crippen molar-refractivity contribution in [1.29, 1.82) is 0 Å². The number of nitrogens with zero attached hydrogens (tertiary/aromatic N) is 1. The fourth-order valence-electron chi connectivity index (χ4n) is 2.15. The summed E-state index contributed by atoms with van der Waals surface area (Å²) in [4.78, 5) is 13.6. The summed E-state index contributed by atoms with van der Waals surface area (Å²) in [5, 5.41) is 9.03. The Labute approximate surface area is 107 Å². The second kappa shape index (κ2) is 5.87. The zero-order valence-corrected chi connectivity index (χ0v) is 10.6. The second-order valence-corrected chi connectivity index (χ2v) is 4.78. The maximum atomic E-state index is 11.9. The molecule has 1 unspecified atom stereocenters. The largest absolute Gasteiger partial charge is 0.484 e. The van der Waals surface area contributed by atoms with Gasteiger partial charge in [0.2, 0.25) is 0 Å². The van der Waals surface area contributed by atoms with E-state index in [9.17, 15) is 4.79 Å². The van der Waals surface area contributed by atoms with Gasteiger partial charge < -0.3 is 14.7 Å². The highest BCUT2D eigenvalue weighted by molar-refractivity contribution is 5.78. The van der Waals surface area contributed by atoms with Gasteiger partial charge in [-0.05, 0) is 31.0 Å². The zero-order chi connectivity index (χ0) is 13.0. The van der Waals surface area contributed by atoms with Gasteiger partial charge in [-0.15, -0.1) is 0 Å². The smallest absolute Gasteiger partial charge is 0.260 e. The first-order valence-corrected chi connectivity index (χ1v) is 6.27. The van der Waals surface area contributed by atoms with E-state index in [0.29, 0.717) is 6.54 Å². The summed E-state index contributed by atoms with van der Waals surface area (Å²) in [6, 6.07) is 7.66. The predicted molar refractivity (Wildman–Crippen MR) is 68.4 cm³/mol. The number of likely N-dealkylation sites (tertiary alicyclic amines) is 1. The average molecular weight is 249 g/mol. The molecule has 98 valence electrons. The summed E-state index contributed by atoms with van der Waals surface area (Å²) in [5.41, 5.74) is 1.11. The van der Waals surface area contributed by atoms with Gasteiger partial charge in [0.15, 0.2) is 6.61 Å². The first-order valence-electron chi connectivity index (χ1n) is 6.27. The van der Waals surface area contributed by atoms with Crippen molar-refractivity contribution in [2.45, 2.75) is 13.3 Å². The Morgan fingerprint density at radius 2 is 2.39 bits per heavy atom. The summed E-state index contributed by atoms with van der Waals surface area (Å²) < 4.78 is 5.48. The van der Waals surface area contributed by atoms with Crippen LogP contribution in [-0.2, 0) is 4.79 Å². The third-order valence-corrected chi connectivity index (χ3v) is 3.25. The van der Waals surface area contributed by atoms with Crippen molar-refractivity contribution in [2.24, 2.45) is 5.92 Å². The molecule has 1 fully saturated rings.